The van der Waals surface area contributed by atoms with Gasteiger partial charge in [0.05, 0.1) is 16.8 Å². The number of pyridine rings is 1. The van der Waals surface area contributed by atoms with Gasteiger partial charge in [0.2, 0.25) is 0 Å². The van der Waals surface area contributed by atoms with Gasteiger partial charge < -0.3 is 0 Å². The van der Waals surface area contributed by atoms with Crippen molar-refractivity contribution in [2.45, 2.75) is 13.1 Å². The molecule has 0 N–H and O–H groups in total. The molecule has 0 spiro atoms. The van der Waals surface area contributed by atoms with Crippen LogP contribution in [0.1, 0.15) is 16.8 Å². The Bertz CT molecular complexity index is 938. The highest BCUT2D eigenvalue weighted by Gasteiger charge is 2.30. The molecule has 0 aliphatic carbocycles. The summed E-state index contributed by atoms with van der Waals surface area (Å²) in [6.45, 7) is 1.79. The molecule has 3 rings (SSSR count). The number of hydrogen-bond acceptors (Lipinski definition) is 2. The lowest BCUT2D eigenvalue weighted by Gasteiger charge is -2.12. The van der Waals surface area contributed by atoms with Gasteiger partial charge in [-0.05, 0) is 30.7 Å². The van der Waals surface area contributed by atoms with Crippen LogP contribution in [0.25, 0.3) is 22.4 Å². The van der Waals surface area contributed by atoms with Crippen LogP contribution in [0.15, 0.2) is 60.7 Å². The summed E-state index contributed by atoms with van der Waals surface area (Å²) in [5.41, 5.74) is 2.73. The molecular weight excluding hydrogens is 325 g/mol. The second-order valence-corrected chi connectivity index (χ2v) is 5.59. The van der Waals surface area contributed by atoms with Crippen molar-refractivity contribution in [2.75, 3.05) is 0 Å². The van der Waals surface area contributed by atoms with E-state index in [1.807, 2.05) is 36.4 Å². The normalized spacial score (nSPS) is 11.2. The lowest BCUT2D eigenvalue weighted by molar-refractivity contribution is -0.137. The molecule has 3 aromatic rings. The average Bonchev–Trinajstić information content (AvgIpc) is 2.61. The number of hydrogen-bond donors (Lipinski definition) is 0. The molecular formula is C20H13F3N2. The van der Waals surface area contributed by atoms with Gasteiger partial charge in [-0.2, -0.15) is 18.4 Å². The fourth-order valence-electron chi connectivity index (χ4n) is 2.66. The van der Waals surface area contributed by atoms with E-state index in [1.54, 1.807) is 6.92 Å². The van der Waals surface area contributed by atoms with Crippen LogP contribution in [0.3, 0.4) is 0 Å². The maximum absolute atomic E-state index is 12.7. The molecule has 0 atom stereocenters. The van der Waals surface area contributed by atoms with Crippen LogP contribution in [0, 0.1) is 18.3 Å². The zero-order chi connectivity index (χ0) is 18.0. The van der Waals surface area contributed by atoms with Gasteiger partial charge >= 0.3 is 6.18 Å². The topological polar surface area (TPSA) is 36.7 Å². The summed E-state index contributed by atoms with van der Waals surface area (Å²) in [6, 6.07) is 18.0. The van der Waals surface area contributed by atoms with Crippen molar-refractivity contribution in [2.24, 2.45) is 0 Å². The number of aryl methyl sites for hydroxylation is 1. The van der Waals surface area contributed by atoms with Gasteiger partial charge in [-0.3, -0.25) is 4.98 Å². The number of rotatable bonds is 2. The van der Waals surface area contributed by atoms with Crippen LogP contribution in [-0.4, -0.2) is 4.98 Å². The van der Waals surface area contributed by atoms with Crippen LogP contribution < -0.4 is 0 Å². The molecule has 0 radical (unpaired) electrons. The van der Waals surface area contributed by atoms with Gasteiger partial charge in [0.25, 0.3) is 0 Å². The molecule has 0 fully saturated rings. The number of nitrogens with zero attached hydrogens (tertiary/aromatic N) is 2. The number of alkyl halides is 3. The SMILES string of the molecule is Cc1cc(-c2ccccc2)c(C#N)c(-c2ccc(C(F)(F)F)cc2)n1. The lowest BCUT2D eigenvalue weighted by atomic mass is 9.95. The van der Waals surface area contributed by atoms with Crippen molar-refractivity contribution in [1.29, 1.82) is 5.26 Å². The first kappa shape index (κ1) is 16.7. The number of halogens is 3. The monoisotopic (exact) mass is 338 g/mol. The third-order valence-electron chi connectivity index (χ3n) is 3.83. The van der Waals surface area contributed by atoms with Crippen molar-refractivity contribution in [3.8, 4) is 28.5 Å². The van der Waals surface area contributed by atoms with Gasteiger partial charge in [-0.25, -0.2) is 0 Å². The highest BCUT2D eigenvalue weighted by atomic mass is 19.4. The van der Waals surface area contributed by atoms with E-state index >= 15 is 0 Å². The van der Waals surface area contributed by atoms with E-state index in [4.69, 9.17) is 0 Å². The molecule has 25 heavy (non-hydrogen) atoms. The van der Waals surface area contributed by atoms with E-state index < -0.39 is 11.7 Å². The Balaban J connectivity index is 2.17. The van der Waals surface area contributed by atoms with Crippen molar-refractivity contribution in [1.82, 2.24) is 4.98 Å². The molecule has 0 unspecified atom stereocenters. The maximum atomic E-state index is 12.7. The van der Waals surface area contributed by atoms with E-state index in [0.717, 1.165) is 17.7 Å². The Hall–Kier alpha value is -3.13. The smallest absolute Gasteiger partial charge is 0.252 e. The number of nitriles is 1. The highest BCUT2D eigenvalue weighted by molar-refractivity contribution is 5.80. The molecule has 1 heterocycles. The van der Waals surface area contributed by atoms with Crippen LogP contribution in [0.5, 0.6) is 0 Å². The van der Waals surface area contributed by atoms with Crippen molar-refractivity contribution in [3.05, 3.63) is 77.5 Å². The van der Waals surface area contributed by atoms with Crippen LogP contribution >= 0.6 is 0 Å². The Morgan fingerprint density at radius 1 is 0.920 bits per heavy atom. The third kappa shape index (κ3) is 3.38. The summed E-state index contributed by atoms with van der Waals surface area (Å²) in [7, 11) is 0. The number of benzene rings is 2. The Morgan fingerprint density at radius 3 is 2.12 bits per heavy atom. The average molecular weight is 338 g/mol. The summed E-state index contributed by atoms with van der Waals surface area (Å²) in [6.07, 6.45) is -4.40. The molecule has 0 bridgehead atoms. The van der Waals surface area contributed by atoms with Crippen molar-refractivity contribution >= 4 is 0 Å². The van der Waals surface area contributed by atoms with E-state index in [0.29, 0.717) is 28.1 Å². The summed E-state index contributed by atoms with van der Waals surface area (Å²) in [5.74, 6) is 0. The van der Waals surface area contributed by atoms with Gasteiger partial charge in [0.15, 0.2) is 0 Å². The first-order valence-electron chi connectivity index (χ1n) is 7.55. The maximum Gasteiger partial charge on any atom is 0.416 e. The molecule has 2 nitrogen and oxygen atoms in total. The summed E-state index contributed by atoms with van der Waals surface area (Å²) in [4.78, 5) is 4.39. The second kappa shape index (κ2) is 6.40. The first-order valence-corrected chi connectivity index (χ1v) is 7.55. The van der Waals surface area contributed by atoms with E-state index in [-0.39, 0.29) is 0 Å². The predicted molar refractivity (Wildman–Crippen MR) is 89.6 cm³/mol. The second-order valence-electron chi connectivity index (χ2n) is 5.59. The summed E-state index contributed by atoms with van der Waals surface area (Å²) >= 11 is 0. The van der Waals surface area contributed by atoms with Gasteiger partial charge in [-0.1, -0.05) is 42.5 Å². The van der Waals surface area contributed by atoms with E-state index in [9.17, 15) is 18.4 Å². The first-order chi connectivity index (χ1) is 11.9. The lowest BCUT2D eigenvalue weighted by Crippen LogP contribution is -2.04. The molecule has 5 heteroatoms. The number of aromatic nitrogens is 1. The zero-order valence-corrected chi connectivity index (χ0v) is 13.3. The Kier molecular flexibility index (Phi) is 4.28. The third-order valence-corrected chi connectivity index (χ3v) is 3.83. The highest BCUT2D eigenvalue weighted by Crippen LogP contribution is 2.34. The Labute approximate surface area is 143 Å². The predicted octanol–water partition coefficient (Wildman–Crippen LogP) is 5.61. The molecule has 1 aromatic heterocycles. The fraction of sp³-hybridized carbons (Fsp3) is 0.100. The van der Waals surface area contributed by atoms with E-state index in [1.165, 1.54) is 12.1 Å². The van der Waals surface area contributed by atoms with Crippen LogP contribution in [-0.2, 0) is 6.18 Å². The molecule has 0 saturated heterocycles. The molecule has 0 aliphatic rings. The standard InChI is InChI=1S/C20H13F3N2/c1-13-11-17(14-5-3-2-4-6-14)18(12-24)19(25-13)15-7-9-16(10-8-15)20(21,22)23/h2-11H,1H3. The van der Waals surface area contributed by atoms with Gasteiger partial charge in [0, 0.05) is 16.8 Å². The minimum atomic E-state index is -4.40. The zero-order valence-electron chi connectivity index (χ0n) is 13.3. The molecule has 0 saturated carbocycles. The van der Waals surface area contributed by atoms with Crippen molar-refractivity contribution < 1.29 is 13.2 Å². The van der Waals surface area contributed by atoms with Crippen molar-refractivity contribution in [3.63, 3.8) is 0 Å². The van der Waals surface area contributed by atoms with E-state index in [2.05, 4.69) is 11.1 Å². The summed E-state index contributed by atoms with van der Waals surface area (Å²) in [5, 5.41) is 9.63. The molecule has 0 amide bonds. The Morgan fingerprint density at radius 2 is 1.56 bits per heavy atom. The van der Waals surface area contributed by atoms with Gasteiger partial charge in [-0.15, -0.1) is 0 Å². The van der Waals surface area contributed by atoms with Gasteiger partial charge in [0.1, 0.15) is 6.07 Å². The fourth-order valence-corrected chi connectivity index (χ4v) is 2.66. The minimum Gasteiger partial charge on any atom is -0.252 e. The van der Waals surface area contributed by atoms with Crippen LogP contribution in [0.2, 0.25) is 0 Å². The largest absolute Gasteiger partial charge is 0.416 e. The molecule has 124 valence electrons. The molecule has 2 aromatic carbocycles. The van der Waals surface area contributed by atoms with Crippen LogP contribution in [0.4, 0.5) is 13.2 Å². The minimum absolute atomic E-state index is 0.344. The quantitative estimate of drug-likeness (QED) is 0.608. The summed E-state index contributed by atoms with van der Waals surface area (Å²) < 4.78 is 38.2. The molecule has 0 aliphatic heterocycles.